The molecule has 1 aromatic carbocycles. The maximum Gasteiger partial charge on any atom is 0.257 e. The zero-order valence-corrected chi connectivity index (χ0v) is 10.1. The second-order valence-corrected chi connectivity index (χ2v) is 4.00. The first-order chi connectivity index (χ1) is 9.22. The average molecular weight is 256 g/mol. The van der Waals surface area contributed by atoms with Gasteiger partial charge in [0.2, 0.25) is 0 Å². The molecule has 0 aromatic heterocycles. The van der Waals surface area contributed by atoms with Crippen LogP contribution >= 0.6 is 0 Å². The molecule has 5 nitrogen and oxygen atoms in total. The predicted octanol–water partition coefficient (Wildman–Crippen LogP) is 0.970. The summed E-state index contributed by atoms with van der Waals surface area (Å²) < 4.78 is 0. The molecule has 1 unspecified atom stereocenters. The highest BCUT2D eigenvalue weighted by Gasteiger charge is 2.22. The molecule has 5 heteroatoms. The van der Waals surface area contributed by atoms with E-state index in [-0.39, 0.29) is 17.8 Å². The van der Waals surface area contributed by atoms with Crippen LogP contribution in [-0.4, -0.2) is 24.2 Å². The molecular formula is C14H12N2O3. The molecule has 2 rings (SSSR count). The molecule has 0 spiro atoms. The van der Waals surface area contributed by atoms with Crippen LogP contribution in [0.5, 0.6) is 0 Å². The summed E-state index contributed by atoms with van der Waals surface area (Å²) in [7, 11) is 0. The number of carbonyl (C=O) groups is 3. The summed E-state index contributed by atoms with van der Waals surface area (Å²) in [6, 6.07) is 8.05. The van der Waals surface area contributed by atoms with Crippen molar-refractivity contribution in [3.05, 3.63) is 47.7 Å². The van der Waals surface area contributed by atoms with Gasteiger partial charge in [-0.3, -0.25) is 14.6 Å². The minimum absolute atomic E-state index is 0.0229. The third kappa shape index (κ3) is 3.01. The van der Waals surface area contributed by atoms with E-state index in [1.807, 2.05) is 6.07 Å². The molecule has 96 valence electrons. The summed E-state index contributed by atoms with van der Waals surface area (Å²) in [5.74, 6) is -0.881. The van der Waals surface area contributed by atoms with Gasteiger partial charge < -0.3 is 10.1 Å². The van der Waals surface area contributed by atoms with E-state index in [9.17, 15) is 14.4 Å². The van der Waals surface area contributed by atoms with Crippen LogP contribution < -0.4 is 5.32 Å². The Bertz CT molecular complexity index is 561. The maximum absolute atomic E-state index is 11.9. The summed E-state index contributed by atoms with van der Waals surface area (Å²) in [4.78, 5) is 38.3. The number of aldehydes is 1. The first kappa shape index (κ1) is 12.9. The zero-order chi connectivity index (χ0) is 13.7. The minimum atomic E-state index is -0.770. The molecule has 19 heavy (non-hydrogen) atoms. The Balaban J connectivity index is 2.13. The van der Waals surface area contributed by atoms with Gasteiger partial charge >= 0.3 is 0 Å². The summed E-state index contributed by atoms with van der Waals surface area (Å²) in [6.07, 6.45) is 3.39. The first-order valence-electron chi connectivity index (χ1n) is 5.78. The van der Waals surface area contributed by atoms with Crippen molar-refractivity contribution < 1.29 is 14.4 Å². The van der Waals surface area contributed by atoms with Crippen LogP contribution in [0.2, 0.25) is 0 Å². The van der Waals surface area contributed by atoms with Crippen molar-refractivity contribution in [1.29, 1.82) is 0 Å². The number of nitrogens with zero attached hydrogens (tertiary/aromatic N) is 1. The van der Waals surface area contributed by atoms with Crippen LogP contribution in [0.25, 0.3) is 0 Å². The molecule has 0 saturated carbocycles. The van der Waals surface area contributed by atoms with Crippen molar-refractivity contribution in [2.45, 2.75) is 12.5 Å². The Labute approximate surface area is 110 Å². The molecule has 0 fully saturated rings. The normalized spacial score (nSPS) is 15.6. The average Bonchev–Trinajstić information content (AvgIpc) is 2.46. The third-order valence-electron chi connectivity index (χ3n) is 2.71. The molecule has 0 saturated heterocycles. The number of hydrogen-bond acceptors (Lipinski definition) is 4. The van der Waals surface area contributed by atoms with Crippen molar-refractivity contribution in [3.63, 3.8) is 0 Å². The summed E-state index contributed by atoms with van der Waals surface area (Å²) in [5, 5.41) is 2.51. The van der Waals surface area contributed by atoms with Crippen LogP contribution in [0.4, 0.5) is 0 Å². The molecule has 0 radical (unpaired) electrons. The van der Waals surface area contributed by atoms with E-state index in [1.165, 1.54) is 12.4 Å². The molecule has 1 N–H and O–H groups in total. The van der Waals surface area contributed by atoms with Crippen molar-refractivity contribution in [2.24, 2.45) is 4.99 Å². The zero-order valence-electron chi connectivity index (χ0n) is 10.1. The molecular weight excluding hydrogens is 244 g/mol. The van der Waals surface area contributed by atoms with Crippen LogP contribution in [-0.2, 0) is 14.4 Å². The molecule has 0 aliphatic carbocycles. The van der Waals surface area contributed by atoms with Gasteiger partial charge in [0.05, 0.1) is 0 Å². The minimum Gasteiger partial charge on any atom is -0.338 e. The highest BCUT2D eigenvalue weighted by molar-refractivity contribution is 6.23. The molecule has 1 aromatic rings. The number of nitrogens with one attached hydrogen (secondary N) is 1. The van der Waals surface area contributed by atoms with Gasteiger partial charge in [0.25, 0.3) is 5.91 Å². The molecule has 1 aliphatic rings. The van der Waals surface area contributed by atoms with E-state index in [4.69, 9.17) is 0 Å². The van der Waals surface area contributed by atoms with E-state index in [0.29, 0.717) is 11.8 Å². The van der Waals surface area contributed by atoms with Gasteiger partial charge in [0.1, 0.15) is 17.9 Å². The predicted molar refractivity (Wildman–Crippen MR) is 69.6 cm³/mol. The second kappa shape index (κ2) is 5.86. The fraction of sp³-hybridized carbons (Fsp3) is 0.143. The van der Waals surface area contributed by atoms with Gasteiger partial charge in [-0.1, -0.05) is 30.3 Å². The highest BCUT2D eigenvalue weighted by atomic mass is 16.2. The Morgan fingerprint density at radius 1 is 1.32 bits per heavy atom. The van der Waals surface area contributed by atoms with E-state index in [0.717, 1.165) is 0 Å². The number of Topliss-reactive ketones (excluding diaryl/α,β-unsaturated/α-hetero) is 1. The third-order valence-corrected chi connectivity index (χ3v) is 2.71. The Morgan fingerprint density at radius 3 is 2.68 bits per heavy atom. The van der Waals surface area contributed by atoms with E-state index in [2.05, 4.69) is 10.3 Å². The van der Waals surface area contributed by atoms with Crippen molar-refractivity contribution >= 4 is 24.2 Å². The van der Waals surface area contributed by atoms with Gasteiger partial charge in [-0.2, -0.15) is 0 Å². The first-order valence-corrected chi connectivity index (χ1v) is 5.78. The van der Waals surface area contributed by atoms with E-state index < -0.39 is 11.9 Å². The van der Waals surface area contributed by atoms with Gasteiger partial charge in [0, 0.05) is 18.8 Å². The number of carbonyl (C=O) groups excluding carboxylic acids is 3. The van der Waals surface area contributed by atoms with Crippen molar-refractivity contribution in [2.75, 3.05) is 0 Å². The van der Waals surface area contributed by atoms with Crippen molar-refractivity contribution in [1.82, 2.24) is 5.32 Å². The van der Waals surface area contributed by atoms with Crippen molar-refractivity contribution in [3.8, 4) is 0 Å². The number of aliphatic imine (C=N–C) groups is 1. The Hall–Kier alpha value is -2.56. The summed E-state index contributed by atoms with van der Waals surface area (Å²) in [6.45, 7) is 0. The highest BCUT2D eigenvalue weighted by Crippen LogP contribution is 2.12. The topological polar surface area (TPSA) is 75.6 Å². The van der Waals surface area contributed by atoms with Gasteiger partial charge in [-0.05, 0) is 5.56 Å². The number of benzene rings is 1. The Morgan fingerprint density at radius 2 is 2.05 bits per heavy atom. The lowest BCUT2D eigenvalue weighted by molar-refractivity contribution is -0.124. The van der Waals surface area contributed by atoms with Gasteiger partial charge in [-0.15, -0.1) is 0 Å². The van der Waals surface area contributed by atoms with Crippen LogP contribution in [0.15, 0.2) is 47.1 Å². The fourth-order valence-electron chi connectivity index (χ4n) is 1.71. The SMILES string of the molecule is O=CC(NC(=O)C1=CN=CCC1=O)c1ccccc1. The molecule has 1 aliphatic heterocycles. The number of amides is 1. The molecule has 1 heterocycles. The van der Waals surface area contributed by atoms with Gasteiger partial charge in [-0.25, -0.2) is 0 Å². The quantitative estimate of drug-likeness (QED) is 0.644. The summed E-state index contributed by atoms with van der Waals surface area (Å²) >= 11 is 0. The summed E-state index contributed by atoms with van der Waals surface area (Å²) in [5.41, 5.74) is 0.642. The van der Waals surface area contributed by atoms with Crippen LogP contribution in [0.1, 0.15) is 18.0 Å². The maximum atomic E-state index is 11.9. The molecule has 1 atom stereocenters. The van der Waals surface area contributed by atoms with E-state index in [1.54, 1.807) is 24.3 Å². The molecule has 0 bridgehead atoms. The van der Waals surface area contributed by atoms with E-state index >= 15 is 0 Å². The van der Waals surface area contributed by atoms with Gasteiger partial charge in [0.15, 0.2) is 5.78 Å². The molecule has 1 amide bonds. The smallest absolute Gasteiger partial charge is 0.257 e. The monoisotopic (exact) mass is 256 g/mol. The number of hydrogen-bond donors (Lipinski definition) is 1. The Kier molecular flexibility index (Phi) is 3.97. The fourth-order valence-corrected chi connectivity index (χ4v) is 1.71. The largest absolute Gasteiger partial charge is 0.338 e. The van der Waals surface area contributed by atoms with Crippen LogP contribution in [0.3, 0.4) is 0 Å². The standard InChI is InChI=1S/C14H12N2O3/c17-9-12(10-4-2-1-3-5-10)16-14(19)11-8-15-7-6-13(11)18/h1-5,7-9,12H,6H2,(H,16,19). The lowest BCUT2D eigenvalue weighted by Crippen LogP contribution is -2.33. The lowest BCUT2D eigenvalue weighted by Gasteiger charge is -2.14. The number of rotatable bonds is 4. The lowest BCUT2D eigenvalue weighted by atomic mass is 10.1. The second-order valence-electron chi connectivity index (χ2n) is 4.00. The number of ketones is 1. The van der Waals surface area contributed by atoms with Crippen LogP contribution in [0, 0.1) is 0 Å².